The highest BCUT2D eigenvalue weighted by Crippen LogP contribution is 2.32. The zero-order valence-electron chi connectivity index (χ0n) is 22.1. The fourth-order valence-corrected chi connectivity index (χ4v) is 4.89. The van der Waals surface area contributed by atoms with E-state index in [-0.39, 0.29) is 59.8 Å². The van der Waals surface area contributed by atoms with Gasteiger partial charge in [0.2, 0.25) is 5.91 Å². The van der Waals surface area contributed by atoms with Crippen LogP contribution in [-0.2, 0) is 27.2 Å². The Kier molecular flexibility index (Phi) is 7.62. The van der Waals surface area contributed by atoms with Gasteiger partial charge >= 0.3 is 6.09 Å². The third-order valence-electron chi connectivity index (χ3n) is 7.26. The van der Waals surface area contributed by atoms with E-state index in [4.69, 9.17) is 9.47 Å². The molecule has 1 aromatic heterocycles. The number of rotatable bonds is 9. The molecule has 2 unspecified atom stereocenters. The summed E-state index contributed by atoms with van der Waals surface area (Å²) in [6.07, 6.45) is 2.49. The number of anilines is 3. The number of carbonyl (C=O) groups is 3. The maximum absolute atomic E-state index is 14.8. The van der Waals surface area contributed by atoms with Gasteiger partial charge in [0.05, 0.1) is 18.8 Å². The Morgan fingerprint density at radius 3 is 2.92 bits per heavy atom. The van der Waals surface area contributed by atoms with Crippen LogP contribution in [0.15, 0.2) is 18.3 Å². The largest absolute Gasteiger partial charge is 0.465 e. The molecule has 1 fully saturated rings. The SMILES string of the molecule is C[C@H](C(=O)Nc1cc(F)c2c(c1)CC(CNCCC1CN(c3cnc4c(n3)NC(=O)CO4)C(=O)O1)C2)N(C)C. The van der Waals surface area contributed by atoms with Crippen LogP contribution in [0, 0.1) is 11.7 Å². The lowest BCUT2D eigenvalue weighted by molar-refractivity contribution is -0.120. The quantitative estimate of drug-likeness (QED) is 0.404. The van der Waals surface area contributed by atoms with Gasteiger partial charge in [-0.05, 0) is 82.5 Å². The minimum Gasteiger partial charge on any atom is -0.465 e. The van der Waals surface area contributed by atoms with Gasteiger partial charge in [-0.25, -0.2) is 19.2 Å². The molecular formula is C26H32FN7O5. The Labute approximate surface area is 225 Å². The number of likely N-dealkylation sites (N-methyl/N-ethyl adjacent to an activating group) is 1. The molecule has 2 aliphatic heterocycles. The van der Waals surface area contributed by atoms with E-state index < -0.39 is 6.09 Å². The molecule has 1 saturated heterocycles. The van der Waals surface area contributed by atoms with E-state index in [0.29, 0.717) is 43.7 Å². The number of cyclic esters (lactones) is 1. The highest BCUT2D eigenvalue weighted by atomic mass is 19.1. The van der Waals surface area contributed by atoms with Gasteiger partial charge in [0.15, 0.2) is 18.2 Å². The van der Waals surface area contributed by atoms with E-state index in [1.165, 1.54) is 17.2 Å². The summed E-state index contributed by atoms with van der Waals surface area (Å²) in [6, 6.07) is 2.93. The van der Waals surface area contributed by atoms with E-state index in [2.05, 4.69) is 25.9 Å². The molecule has 5 rings (SSSR count). The Morgan fingerprint density at radius 1 is 1.31 bits per heavy atom. The number of fused-ring (bicyclic) bond motifs is 2. The molecule has 1 aromatic carbocycles. The van der Waals surface area contributed by atoms with Gasteiger partial charge in [-0.1, -0.05) is 0 Å². The van der Waals surface area contributed by atoms with Crippen molar-refractivity contribution < 1.29 is 28.2 Å². The molecule has 12 nitrogen and oxygen atoms in total. The predicted molar refractivity (Wildman–Crippen MR) is 140 cm³/mol. The van der Waals surface area contributed by atoms with E-state index in [1.807, 2.05) is 20.2 Å². The fraction of sp³-hybridized carbons (Fsp3) is 0.500. The number of benzene rings is 1. The third-order valence-corrected chi connectivity index (χ3v) is 7.26. The van der Waals surface area contributed by atoms with Gasteiger partial charge in [-0.2, -0.15) is 0 Å². The van der Waals surface area contributed by atoms with E-state index >= 15 is 0 Å². The summed E-state index contributed by atoms with van der Waals surface area (Å²) in [5.41, 5.74) is 2.10. The fourth-order valence-electron chi connectivity index (χ4n) is 4.89. The maximum atomic E-state index is 14.8. The molecule has 39 heavy (non-hydrogen) atoms. The van der Waals surface area contributed by atoms with Crippen molar-refractivity contribution in [2.24, 2.45) is 5.92 Å². The molecule has 1 aliphatic carbocycles. The topological polar surface area (TPSA) is 138 Å². The number of aromatic nitrogens is 2. The summed E-state index contributed by atoms with van der Waals surface area (Å²) in [7, 11) is 3.64. The van der Waals surface area contributed by atoms with E-state index in [0.717, 1.165) is 12.0 Å². The molecule has 3 heterocycles. The van der Waals surface area contributed by atoms with Crippen LogP contribution in [0.4, 0.5) is 26.5 Å². The number of halogens is 1. The van der Waals surface area contributed by atoms with Crippen molar-refractivity contribution in [3.63, 3.8) is 0 Å². The molecule has 3 atom stereocenters. The molecule has 0 spiro atoms. The summed E-state index contributed by atoms with van der Waals surface area (Å²) in [5.74, 6) is 0.0773. The van der Waals surface area contributed by atoms with Crippen LogP contribution < -0.4 is 25.6 Å². The Balaban J connectivity index is 1.08. The van der Waals surface area contributed by atoms with Gasteiger partial charge in [0, 0.05) is 5.69 Å². The molecular weight excluding hydrogens is 509 g/mol. The molecule has 208 valence electrons. The molecule has 3 amide bonds. The number of ether oxygens (including phenoxy) is 2. The van der Waals surface area contributed by atoms with Crippen molar-refractivity contribution in [2.45, 2.75) is 38.3 Å². The highest BCUT2D eigenvalue weighted by molar-refractivity contribution is 5.95. The minimum atomic E-state index is -0.526. The summed E-state index contributed by atoms with van der Waals surface area (Å²) >= 11 is 0. The van der Waals surface area contributed by atoms with Gasteiger partial charge in [-0.3, -0.25) is 19.4 Å². The molecule has 2 aromatic rings. The molecule has 13 heteroatoms. The smallest absolute Gasteiger partial charge is 0.415 e. The van der Waals surface area contributed by atoms with Crippen molar-refractivity contribution in [3.8, 4) is 5.88 Å². The summed E-state index contributed by atoms with van der Waals surface area (Å²) in [5, 5.41) is 8.79. The molecule has 0 saturated carbocycles. The Bertz CT molecular complexity index is 1290. The zero-order chi connectivity index (χ0) is 27.7. The first-order valence-corrected chi connectivity index (χ1v) is 12.9. The van der Waals surface area contributed by atoms with E-state index in [1.54, 1.807) is 11.8 Å². The Morgan fingerprint density at radius 2 is 2.13 bits per heavy atom. The van der Waals surface area contributed by atoms with Gasteiger partial charge in [0.25, 0.3) is 11.8 Å². The van der Waals surface area contributed by atoms with Gasteiger partial charge < -0.3 is 25.4 Å². The van der Waals surface area contributed by atoms with Crippen molar-refractivity contribution >= 4 is 35.2 Å². The summed E-state index contributed by atoms with van der Waals surface area (Å²) in [4.78, 5) is 47.9. The van der Waals surface area contributed by atoms with Crippen LogP contribution in [0.25, 0.3) is 0 Å². The first kappa shape index (κ1) is 26.8. The van der Waals surface area contributed by atoms with Crippen molar-refractivity contribution in [2.75, 3.05) is 55.9 Å². The number of nitrogens with zero attached hydrogens (tertiary/aromatic N) is 4. The van der Waals surface area contributed by atoms with Crippen LogP contribution >= 0.6 is 0 Å². The van der Waals surface area contributed by atoms with Crippen molar-refractivity contribution in [3.05, 3.63) is 35.3 Å². The number of hydrogen-bond acceptors (Lipinski definition) is 9. The minimum absolute atomic E-state index is 0.126. The van der Waals surface area contributed by atoms with Crippen LogP contribution in [0.5, 0.6) is 5.88 Å². The van der Waals surface area contributed by atoms with Crippen molar-refractivity contribution in [1.29, 1.82) is 0 Å². The molecule has 3 aliphatic rings. The first-order chi connectivity index (χ1) is 18.7. The number of carbonyl (C=O) groups excluding carboxylic acids is 3. The van der Waals surface area contributed by atoms with E-state index in [9.17, 15) is 18.8 Å². The van der Waals surface area contributed by atoms with Crippen LogP contribution in [0.3, 0.4) is 0 Å². The monoisotopic (exact) mass is 541 g/mol. The van der Waals surface area contributed by atoms with Gasteiger partial charge in [-0.15, -0.1) is 0 Å². The number of hydrogen-bond donors (Lipinski definition) is 3. The lowest BCUT2D eigenvalue weighted by Gasteiger charge is -2.19. The predicted octanol–water partition coefficient (Wildman–Crippen LogP) is 1.56. The molecule has 0 bridgehead atoms. The Hall–Kier alpha value is -3.84. The van der Waals surface area contributed by atoms with Crippen molar-refractivity contribution in [1.82, 2.24) is 20.2 Å². The maximum Gasteiger partial charge on any atom is 0.415 e. The number of nitrogens with one attached hydrogen (secondary N) is 3. The highest BCUT2D eigenvalue weighted by Gasteiger charge is 2.34. The average molecular weight is 542 g/mol. The zero-order valence-corrected chi connectivity index (χ0v) is 22.1. The van der Waals surface area contributed by atoms with Gasteiger partial charge in [0.1, 0.15) is 11.9 Å². The summed E-state index contributed by atoms with van der Waals surface area (Å²) in [6.45, 7) is 3.28. The lowest BCUT2D eigenvalue weighted by atomic mass is 10.1. The van der Waals surface area contributed by atoms with Crippen LogP contribution in [0.2, 0.25) is 0 Å². The average Bonchev–Trinajstić information content (AvgIpc) is 3.48. The van der Waals surface area contributed by atoms with Crippen LogP contribution in [0.1, 0.15) is 24.5 Å². The second kappa shape index (κ2) is 11.1. The lowest BCUT2D eigenvalue weighted by Crippen LogP contribution is -2.37. The van der Waals surface area contributed by atoms with Crippen LogP contribution in [-0.4, -0.2) is 85.3 Å². The normalized spacial score (nSPS) is 20.7. The second-order valence-corrected chi connectivity index (χ2v) is 10.3. The molecule has 3 N–H and O–H groups in total. The third kappa shape index (κ3) is 5.93. The summed E-state index contributed by atoms with van der Waals surface area (Å²) < 4.78 is 25.5. The number of amides is 3. The second-order valence-electron chi connectivity index (χ2n) is 10.3. The first-order valence-electron chi connectivity index (χ1n) is 12.9. The molecule has 0 radical (unpaired) electrons. The standard InChI is InChI=1S/C26H32FN7O5/c1-14(33(2)3)24(36)30-17-8-16-6-15(7-19(16)20(27)9-17)10-28-5-4-18-12-34(26(37)39-18)21-11-29-25-23(31-21)32-22(35)13-38-25/h8-9,11,14-15,18,28H,4-7,10,12-13H2,1-3H3,(H,30,36)(H,31,32,35)/t14-,15?,18?/m1/s1.